The van der Waals surface area contributed by atoms with Crippen molar-refractivity contribution in [3.63, 3.8) is 0 Å². The predicted molar refractivity (Wildman–Crippen MR) is 91.3 cm³/mol. The van der Waals surface area contributed by atoms with Gasteiger partial charge in [0.2, 0.25) is 5.76 Å². The molecule has 7 nitrogen and oxygen atoms in total. The Morgan fingerprint density at radius 2 is 2.04 bits per heavy atom. The van der Waals surface area contributed by atoms with Crippen molar-refractivity contribution in [1.29, 1.82) is 0 Å². The number of ether oxygens (including phenoxy) is 1. The monoisotopic (exact) mass is 340 g/mol. The number of amides is 1. The lowest BCUT2D eigenvalue weighted by Crippen LogP contribution is -2.27. The van der Waals surface area contributed by atoms with Crippen LogP contribution in [0.1, 0.15) is 27.5 Å². The van der Waals surface area contributed by atoms with Crippen LogP contribution in [-0.4, -0.2) is 27.4 Å². The molecule has 0 fully saturated rings. The normalized spacial score (nSPS) is 10.6. The predicted octanol–water partition coefficient (Wildman–Crippen LogP) is 2.50. The molecule has 0 aliphatic rings. The quantitative estimate of drug-likeness (QED) is 0.714. The van der Waals surface area contributed by atoms with Gasteiger partial charge < -0.3 is 14.6 Å². The summed E-state index contributed by atoms with van der Waals surface area (Å²) in [5.41, 5.74) is 3.03. The van der Waals surface area contributed by atoms with E-state index in [9.17, 15) is 4.79 Å². The minimum absolute atomic E-state index is 0.122. The Kier molecular flexibility index (Phi) is 5.13. The second-order valence-corrected chi connectivity index (χ2v) is 5.71. The Morgan fingerprint density at radius 1 is 1.24 bits per heavy atom. The maximum absolute atomic E-state index is 12.1. The van der Waals surface area contributed by atoms with Crippen LogP contribution >= 0.6 is 0 Å². The lowest BCUT2D eigenvalue weighted by molar-refractivity contribution is 0.0914. The lowest BCUT2D eigenvalue weighted by atomic mass is 10.2. The van der Waals surface area contributed by atoms with E-state index in [1.165, 1.54) is 6.07 Å². The molecule has 130 valence electrons. The van der Waals surface area contributed by atoms with E-state index in [1.54, 1.807) is 0 Å². The van der Waals surface area contributed by atoms with E-state index in [0.29, 0.717) is 19.7 Å². The summed E-state index contributed by atoms with van der Waals surface area (Å²) in [6.45, 7) is 5.33. The first-order valence-electron chi connectivity index (χ1n) is 8.04. The van der Waals surface area contributed by atoms with Crippen LogP contribution in [0, 0.1) is 13.8 Å². The highest BCUT2D eigenvalue weighted by Crippen LogP contribution is 2.13. The third-order valence-corrected chi connectivity index (χ3v) is 3.65. The highest BCUT2D eigenvalue weighted by atomic mass is 16.5. The van der Waals surface area contributed by atoms with Crippen molar-refractivity contribution in [2.24, 2.45) is 0 Å². The molecule has 25 heavy (non-hydrogen) atoms. The van der Waals surface area contributed by atoms with Crippen molar-refractivity contribution in [3.05, 3.63) is 65.2 Å². The van der Waals surface area contributed by atoms with Gasteiger partial charge in [-0.05, 0) is 30.6 Å². The van der Waals surface area contributed by atoms with Crippen LogP contribution in [0.25, 0.3) is 0 Å². The summed E-state index contributed by atoms with van der Waals surface area (Å²) in [6.07, 6.45) is 0. The summed E-state index contributed by atoms with van der Waals surface area (Å²) < 4.78 is 12.4. The van der Waals surface area contributed by atoms with Gasteiger partial charge in [-0.3, -0.25) is 9.48 Å². The van der Waals surface area contributed by atoms with Crippen LogP contribution in [0.15, 0.2) is 47.0 Å². The van der Waals surface area contributed by atoms with E-state index < -0.39 is 0 Å². The highest BCUT2D eigenvalue weighted by molar-refractivity contribution is 5.91. The maximum atomic E-state index is 12.1. The van der Waals surface area contributed by atoms with E-state index in [4.69, 9.17) is 9.26 Å². The van der Waals surface area contributed by atoms with E-state index in [2.05, 4.69) is 15.6 Å². The third kappa shape index (κ3) is 4.47. The molecule has 1 aromatic carbocycles. The van der Waals surface area contributed by atoms with Gasteiger partial charge in [0.25, 0.3) is 11.8 Å². The zero-order valence-corrected chi connectivity index (χ0v) is 14.2. The molecule has 1 amide bonds. The number of carbonyl (C=O) groups excluding carboxylic acids is 1. The summed E-state index contributed by atoms with van der Waals surface area (Å²) in [6, 6.07) is 13.2. The van der Waals surface area contributed by atoms with E-state index in [1.807, 2.05) is 54.9 Å². The van der Waals surface area contributed by atoms with Gasteiger partial charge >= 0.3 is 0 Å². The average Bonchev–Trinajstić information content (AvgIpc) is 3.20. The molecule has 0 unspecified atom stereocenters. The summed E-state index contributed by atoms with van der Waals surface area (Å²) in [5.74, 6) is 0.0765. The average molecular weight is 340 g/mol. The third-order valence-electron chi connectivity index (χ3n) is 3.65. The fourth-order valence-corrected chi connectivity index (χ4v) is 2.43. The van der Waals surface area contributed by atoms with Crippen molar-refractivity contribution >= 4 is 5.91 Å². The van der Waals surface area contributed by atoms with Crippen LogP contribution in [0.2, 0.25) is 0 Å². The van der Waals surface area contributed by atoms with Crippen molar-refractivity contribution < 1.29 is 14.1 Å². The molecule has 3 rings (SSSR count). The van der Waals surface area contributed by atoms with Crippen molar-refractivity contribution in [2.75, 3.05) is 6.54 Å². The van der Waals surface area contributed by atoms with Crippen LogP contribution in [0.3, 0.4) is 0 Å². The van der Waals surface area contributed by atoms with Gasteiger partial charge in [0.05, 0.1) is 18.3 Å². The summed E-state index contributed by atoms with van der Waals surface area (Å²) in [5, 5.41) is 10.9. The Morgan fingerprint density at radius 3 is 2.76 bits per heavy atom. The lowest BCUT2D eigenvalue weighted by Gasteiger charge is -2.05. The smallest absolute Gasteiger partial charge is 0.290 e. The second-order valence-electron chi connectivity index (χ2n) is 5.71. The number of nitrogens with zero attached hydrogens (tertiary/aromatic N) is 3. The van der Waals surface area contributed by atoms with Gasteiger partial charge in [0, 0.05) is 12.2 Å². The Balaban J connectivity index is 1.48. The minimum Gasteiger partial charge on any atom is -0.471 e. The molecular formula is C18H20N4O3. The topological polar surface area (TPSA) is 82.2 Å². The first kappa shape index (κ1) is 16.8. The number of carbonyl (C=O) groups is 1. The van der Waals surface area contributed by atoms with Crippen molar-refractivity contribution in [2.45, 2.75) is 27.0 Å². The molecule has 0 aliphatic heterocycles. The van der Waals surface area contributed by atoms with E-state index in [0.717, 1.165) is 17.0 Å². The molecule has 1 N–H and O–H groups in total. The molecule has 2 heterocycles. The largest absolute Gasteiger partial charge is 0.471 e. The minimum atomic E-state index is -0.330. The Labute approximate surface area is 145 Å². The summed E-state index contributed by atoms with van der Waals surface area (Å²) >= 11 is 0. The molecule has 0 aliphatic carbocycles. The first-order valence-corrected chi connectivity index (χ1v) is 8.04. The number of aromatic nitrogens is 3. The molecule has 0 spiro atoms. The van der Waals surface area contributed by atoms with Crippen LogP contribution in [-0.2, 0) is 13.2 Å². The fraction of sp³-hybridized carbons (Fsp3) is 0.278. The Bertz CT molecular complexity index is 839. The zero-order valence-electron chi connectivity index (χ0n) is 14.2. The van der Waals surface area contributed by atoms with Crippen LogP contribution in [0.4, 0.5) is 0 Å². The molecule has 7 heteroatoms. The number of hydrogen-bond acceptors (Lipinski definition) is 5. The molecular weight excluding hydrogens is 320 g/mol. The number of nitrogens with one attached hydrogen (secondary N) is 1. The molecule has 0 radical (unpaired) electrons. The van der Waals surface area contributed by atoms with Crippen LogP contribution in [0.5, 0.6) is 5.88 Å². The molecule has 0 saturated carbocycles. The number of aryl methyl sites for hydroxylation is 2. The Hall–Kier alpha value is -3.09. The molecule has 3 aromatic rings. The number of benzene rings is 1. The van der Waals surface area contributed by atoms with Gasteiger partial charge in [0.15, 0.2) is 0 Å². The van der Waals surface area contributed by atoms with E-state index in [-0.39, 0.29) is 17.5 Å². The van der Waals surface area contributed by atoms with Gasteiger partial charge in [0.1, 0.15) is 6.61 Å². The first-order chi connectivity index (χ1) is 12.1. The van der Waals surface area contributed by atoms with Gasteiger partial charge in [-0.2, -0.15) is 5.10 Å². The fourth-order valence-electron chi connectivity index (χ4n) is 2.43. The molecule has 0 bridgehead atoms. The second kappa shape index (κ2) is 7.65. The van der Waals surface area contributed by atoms with Crippen LogP contribution < -0.4 is 10.1 Å². The zero-order chi connectivity index (χ0) is 17.6. The van der Waals surface area contributed by atoms with Gasteiger partial charge in [-0.1, -0.05) is 30.3 Å². The number of rotatable bonds is 7. The van der Waals surface area contributed by atoms with Gasteiger partial charge in [-0.25, -0.2) is 0 Å². The summed E-state index contributed by atoms with van der Waals surface area (Å²) in [7, 11) is 0. The number of hydrogen-bond donors (Lipinski definition) is 1. The highest BCUT2D eigenvalue weighted by Gasteiger charge is 2.13. The van der Waals surface area contributed by atoms with Crippen molar-refractivity contribution in [3.8, 4) is 5.88 Å². The van der Waals surface area contributed by atoms with Gasteiger partial charge in [-0.15, -0.1) is 0 Å². The molecule has 0 saturated heterocycles. The molecule has 0 atom stereocenters. The van der Waals surface area contributed by atoms with E-state index >= 15 is 0 Å². The maximum Gasteiger partial charge on any atom is 0.290 e. The molecule has 2 aromatic heterocycles. The standard InChI is InChI=1S/C18H20N4O3/c1-13-10-14(2)22(20-13)9-8-19-18(23)16-11-17(21-25-16)24-12-15-6-4-3-5-7-15/h3-7,10-11H,8-9,12H2,1-2H3,(H,19,23). The van der Waals surface area contributed by atoms with Crippen molar-refractivity contribution in [1.82, 2.24) is 20.3 Å². The SMILES string of the molecule is Cc1cc(C)n(CCNC(=O)c2cc(OCc3ccccc3)no2)n1. The summed E-state index contributed by atoms with van der Waals surface area (Å²) in [4.78, 5) is 12.1.